The summed E-state index contributed by atoms with van der Waals surface area (Å²) in [7, 11) is 0. The predicted octanol–water partition coefficient (Wildman–Crippen LogP) is 3.60. The number of amides is 1. The van der Waals surface area contributed by atoms with Crippen LogP contribution in [0.25, 0.3) is 0 Å². The van der Waals surface area contributed by atoms with Crippen LogP contribution < -0.4 is 10.6 Å². The monoisotopic (exact) mass is 402 g/mol. The van der Waals surface area contributed by atoms with Crippen LogP contribution in [-0.4, -0.2) is 24.3 Å². The van der Waals surface area contributed by atoms with Gasteiger partial charge in [0.1, 0.15) is 5.57 Å². The third-order valence-electron chi connectivity index (χ3n) is 4.86. The third-order valence-corrected chi connectivity index (χ3v) is 4.86. The molecule has 2 aliphatic rings. The minimum Gasteiger partial charge on any atom is -0.470 e. The van der Waals surface area contributed by atoms with Gasteiger partial charge in [-0.15, -0.1) is 0 Å². The third kappa shape index (κ3) is 4.11. The van der Waals surface area contributed by atoms with E-state index < -0.39 is 23.4 Å². The van der Waals surface area contributed by atoms with Gasteiger partial charge in [0, 0.05) is 17.6 Å². The fourth-order valence-electron chi connectivity index (χ4n) is 3.31. The number of ketones is 1. The number of rotatable bonds is 5. The number of nitrogens with one attached hydrogen (secondary N) is 2. The van der Waals surface area contributed by atoms with Gasteiger partial charge in [-0.25, -0.2) is 0 Å². The van der Waals surface area contributed by atoms with Crippen LogP contribution in [0.3, 0.4) is 0 Å². The van der Waals surface area contributed by atoms with Crippen molar-refractivity contribution in [2.24, 2.45) is 0 Å². The molecular weight excluding hydrogens is 385 g/mol. The number of anilines is 1. The highest BCUT2D eigenvalue weighted by Gasteiger charge is 2.42. The molecule has 1 aliphatic carbocycles. The first-order valence-electron chi connectivity index (χ1n) is 9.03. The predicted molar refractivity (Wildman–Crippen MR) is 98.8 cm³/mol. The summed E-state index contributed by atoms with van der Waals surface area (Å²) in [6.45, 7) is -0.281. The molecule has 0 radical (unpaired) electrons. The molecule has 29 heavy (non-hydrogen) atoms. The maximum atomic E-state index is 12.9. The van der Waals surface area contributed by atoms with E-state index in [9.17, 15) is 22.8 Å². The van der Waals surface area contributed by atoms with Gasteiger partial charge in [-0.2, -0.15) is 13.2 Å². The lowest BCUT2D eigenvalue weighted by molar-refractivity contribution is -0.137. The molecule has 1 heterocycles. The van der Waals surface area contributed by atoms with Crippen molar-refractivity contribution in [2.75, 3.05) is 11.9 Å². The SMILES string of the molecule is O=C1COC(NC2CC2c2ccccc2)=C1C(=O)Nc1cccc(C(F)(F)F)c1. The van der Waals surface area contributed by atoms with Crippen LogP contribution in [0.5, 0.6) is 0 Å². The van der Waals surface area contributed by atoms with Crippen molar-refractivity contribution in [3.05, 3.63) is 77.2 Å². The Balaban J connectivity index is 1.48. The normalized spacial score (nSPS) is 21.0. The summed E-state index contributed by atoms with van der Waals surface area (Å²) in [5.74, 6) is -1.00. The van der Waals surface area contributed by atoms with Crippen molar-refractivity contribution >= 4 is 17.4 Å². The number of hydrogen-bond acceptors (Lipinski definition) is 4. The van der Waals surface area contributed by atoms with E-state index in [1.807, 2.05) is 30.3 Å². The highest BCUT2D eigenvalue weighted by molar-refractivity contribution is 6.25. The van der Waals surface area contributed by atoms with Crippen molar-refractivity contribution in [3.63, 3.8) is 0 Å². The van der Waals surface area contributed by atoms with E-state index in [2.05, 4.69) is 10.6 Å². The van der Waals surface area contributed by atoms with Gasteiger partial charge in [0.15, 0.2) is 6.61 Å². The zero-order valence-corrected chi connectivity index (χ0v) is 15.1. The number of halogens is 3. The number of Topliss-reactive ketones (excluding diaryl/α,β-unsaturated/α-hetero) is 1. The summed E-state index contributed by atoms with van der Waals surface area (Å²) in [5.41, 5.74) is -0.00344. The minimum atomic E-state index is -4.53. The lowest BCUT2D eigenvalue weighted by atomic mass is 10.1. The molecule has 0 aromatic heterocycles. The Labute approximate surface area is 164 Å². The lowest BCUT2D eigenvalue weighted by Crippen LogP contribution is -2.25. The van der Waals surface area contributed by atoms with Crippen molar-refractivity contribution < 1.29 is 27.5 Å². The summed E-state index contributed by atoms with van der Waals surface area (Å²) in [6.07, 6.45) is -3.70. The van der Waals surface area contributed by atoms with E-state index in [-0.39, 0.29) is 35.7 Å². The Morgan fingerprint density at radius 2 is 1.83 bits per heavy atom. The number of hydrogen-bond donors (Lipinski definition) is 2. The molecule has 1 saturated carbocycles. The molecule has 2 aromatic carbocycles. The van der Waals surface area contributed by atoms with Crippen LogP contribution in [0.2, 0.25) is 0 Å². The molecule has 8 heteroatoms. The van der Waals surface area contributed by atoms with Crippen LogP contribution in [-0.2, 0) is 20.5 Å². The first-order chi connectivity index (χ1) is 13.8. The molecule has 0 saturated heterocycles. The van der Waals surface area contributed by atoms with E-state index in [1.165, 1.54) is 12.1 Å². The Bertz CT molecular complexity index is 986. The van der Waals surface area contributed by atoms with Crippen molar-refractivity contribution in [3.8, 4) is 0 Å². The second-order valence-corrected chi connectivity index (χ2v) is 6.95. The van der Waals surface area contributed by atoms with Crippen molar-refractivity contribution in [2.45, 2.75) is 24.6 Å². The number of ether oxygens (including phenoxy) is 1. The Morgan fingerprint density at radius 1 is 1.07 bits per heavy atom. The highest BCUT2D eigenvalue weighted by Crippen LogP contribution is 2.41. The fraction of sp³-hybridized carbons (Fsp3) is 0.238. The second-order valence-electron chi connectivity index (χ2n) is 6.95. The van der Waals surface area contributed by atoms with Gasteiger partial charge in [0.25, 0.3) is 5.91 Å². The molecular formula is C21H17F3N2O3. The number of benzene rings is 2. The molecule has 2 atom stereocenters. The molecule has 2 N–H and O–H groups in total. The first kappa shape index (κ1) is 19.0. The molecule has 1 fully saturated rings. The van der Waals surface area contributed by atoms with Gasteiger partial charge in [0.2, 0.25) is 11.7 Å². The van der Waals surface area contributed by atoms with E-state index in [0.717, 1.165) is 24.1 Å². The summed E-state index contributed by atoms with van der Waals surface area (Å²) < 4.78 is 43.9. The summed E-state index contributed by atoms with van der Waals surface area (Å²) >= 11 is 0. The zero-order valence-electron chi connectivity index (χ0n) is 15.1. The molecule has 0 spiro atoms. The fourth-order valence-corrected chi connectivity index (χ4v) is 3.31. The topological polar surface area (TPSA) is 67.4 Å². The smallest absolute Gasteiger partial charge is 0.416 e. The maximum absolute atomic E-state index is 12.9. The van der Waals surface area contributed by atoms with Crippen LogP contribution in [0, 0.1) is 0 Å². The largest absolute Gasteiger partial charge is 0.470 e. The molecule has 1 amide bonds. The second kappa shape index (κ2) is 7.27. The number of alkyl halides is 3. The summed E-state index contributed by atoms with van der Waals surface area (Å²) in [4.78, 5) is 24.7. The molecule has 150 valence electrons. The molecule has 0 bridgehead atoms. The van der Waals surface area contributed by atoms with E-state index in [1.54, 1.807) is 0 Å². The van der Waals surface area contributed by atoms with Crippen molar-refractivity contribution in [1.82, 2.24) is 5.32 Å². The van der Waals surface area contributed by atoms with E-state index in [0.29, 0.717) is 0 Å². The highest BCUT2D eigenvalue weighted by atomic mass is 19.4. The average molecular weight is 402 g/mol. The van der Waals surface area contributed by atoms with Crippen LogP contribution in [0.15, 0.2) is 66.1 Å². The molecule has 2 aromatic rings. The van der Waals surface area contributed by atoms with Gasteiger partial charge in [-0.05, 0) is 30.2 Å². The summed E-state index contributed by atoms with van der Waals surface area (Å²) in [5, 5.41) is 5.44. The Morgan fingerprint density at radius 3 is 2.55 bits per heavy atom. The zero-order chi connectivity index (χ0) is 20.6. The van der Waals surface area contributed by atoms with E-state index >= 15 is 0 Å². The molecule has 2 unspecified atom stereocenters. The number of carbonyl (C=O) groups excluding carboxylic acids is 2. The van der Waals surface area contributed by atoms with Crippen LogP contribution >= 0.6 is 0 Å². The minimum absolute atomic E-state index is 0.0228. The summed E-state index contributed by atoms with van der Waals surface area (Å²) in [6, 6.07) is 14.1. The van der Waals surface area contributed by atoms with Gasteiger partial charge in [-0.3, -0.25) is 9.59 Å². The molecule has 5 nitrogen and oxygen atoms in total. The quantitative estimate of drug-likeness (QED) is 0.750. The maximum Gasteiger partial charge on any atom is 0.416 e. The average Bonchev–Trinajstić information content (AvgIpc) is 3.36. The van der Waals surface area contributed by atoms with E-state index in [4.69, 9.17) is 4.74 Å². The molecule has 4 rings (SSSR count). The van der Waals surface area contributed by atoms with Gasteiger partial charge >= 0.3 is 6.18 Å². The van der Waals surface area contributed by atoms with Crippen molar-refractivity contribution in [1.29, 1.82) is 0 Å². The van der Waals surface area contributed by atoms with Crippen LogP contribution in [0.4, 0.5) is 18.9 Å². The van der Waals surface area contributed by atoms with Gasteiger partial charge < -0.3 is 15.4 Å². The Kier molecular flexibility index (Phi) is 4.77. The lowest BCUT2D eigenvalue weighted by Gasteiger charge is -2.11. The van der Waals surface area contributed by atoms with Crippen LogP contribution in [0.1, 0.15) is 23.5 Å². The molecule has 1 aliphatic heterocycles. The Hall–Kier alpha value is -3.29. The first-order valence-corrected chi connectivity index (χ1v) is 9.03. The van der Waals surface area contributed by atoms with Gasteiger partial charge in [0.05, 0.1) is 5.56 Å². The number of carbonyl (C=O) groups is 2. The van der Waals surface area contributed by atoms with Gasteiger partial charge in [-0.1, -0.05) is 36.4 Å². The standard InChI is InChI=1S/C21H17F3N2O3/c22-21(23,24)13-7-4-8-14(9-13)25-19(28)18-17(27)11-29-20(18)26-16-10-15(16)12-5-2-1-3-6-12/h1-9,15-16,26H,10-11H2,(H,25,28).